The average Bonchev–Trinajstić information content (AvgIpc) is 2.95. The third kappa shape index (κ3) is 10.4. The van der Waals surface area contributed by atoms with E-state index in [-0.39, 0.29) is 18.8 Å². The van der Waals surface area contributed by atoms with E-state index in [0.717, 1.165) is 29.7 Å². The molecule has 0 saturated carbocycles. The molecule has 0 saturated heterocycles. The van der Waals surface area contributed by atoms with Crippen molar-refractivity contribution >= 4 is 18.1 Å². The number of ether oxygens (including phenoxy) is 3. The van der Waals surface area contributed by atoms with Crippen molar-refractivity contribution in [1.29, 1.82) is 0 Å². The lowest BCUT2D eigenvalue weighted by molar-refractivity contribution is -0.139. The molecule has 0 aliphatic carbocycles. The Hall–Kier alpha value is -3.03. The summed E-state index contributed by atoms with van der Waals surface area (Å²) in [6.45, 7) is 7.53. The van der Waals surface area contributed by atoms with Crippen LogP contribution in [0.4, 0.5) is 9.59 Å². The van der Waals surface area contributed by atoms with Gasteiger partial charge in [-0.2, -0.15) is 0 Å². The molecule has 8 heteroatoms. The van der Waals surface area contributed by atoms with Crippen LogP contribution in [-0.2, 0) is 20.7 Å². The summed E-state index contributed by atoms with van der Waals surface area (Å²) in [7, 11) is 1.55. The standard InChI is InChI=1S/C33H52N2O6/c1-6-9-10-11-12-13-14-15-16-17-18-19-20-22-26-23-21-24-27(39-5)29(26)30-28(31(36)40-7-2)25(4)34-32(37)35(30)33(38)41-8-3/h21,23-24,30H,6-20,22H2,1-5H3,(H,34,37). The molecule has 3 amide bonds. The number of urea groups is 1. The van der Waals surface area contributed by atoms with E-state index >= 15 is 0 Å². The quantitative estimate of drug-likeness (QED) is 0.132. The molecule has 230 valence electrons. The first-order valence-electron chi connectivity index (χ1n) is 15.7. The van der Waals surface area contributed by atoms with Gasteiger partial charge in [0.2, 0.25) is 0 Å². The molecule has 0 spiro atoms. The van der Waals surface area contributed by atoms with Crippen LogP contribution in [0, 0.1) is 0 Å². The van der Waals surface area contributed by atoms with Gasteiger partial charge in [0.15, 0.2) is 0 Å². The fourth-order valence-electron chi connectivity index (χ4n) is 5.50. The molecular weight excluding hydrogens is 520 g/mol. The zero-order chi connectivity index (χ0) is 30.0. The Morgan fingerprint density at radius 2 is 1.39 bits per heavy atom. The maximum absolute atomic E-state index is 13.2. The number of unbranched alkanes of at least 4 members (excludes halogenated alkanes) is 12. The molecule has 0 aromatic heterocycles. The molecule has 1 unspecified atom stereocenters. The van der Waals surface area contributed by atoms with Gasteiger partial charge >= 0.3 is 18.1 Å². The molecule has 1 aliphatic rings. The number of rotatable bonds is 19. The van der Waals surface area contributed by atoms with Crippen LogP contribution in [0.2, 0.25) is 0 Å². The topological polar surface area (TPSA) is 94.2 Å². The summed E-state index contributed by atoms with van der Waals surface area (Å²) >= 11 is 0. The first kappa shape index (κ1) is 34.2. The highest BCUT2D eigenvalue weighted by Crippen LogP contribution is 2.41. The number of hydrogen-bond acceptors (Lipinski definition) is 6. The minimum atomic E-state index is -1.03. The van der Waals surface area contributed by atoms with Gasteiger partial charge in [-0.05, 0) is 45.2 Å². The molecule has 1 atom stereocenters. The Morgan fingerprint density at radius 1 is 0.829 bits per heavy atom. The summed E-state index contributed by atoms with van der Waals surface area (Å²) < 4.78 is 16.3. The smallest absolute Gasteiger partial charge is 0.418 e. The monoisotopic (exact) mass is 572 g/mol. The van der Waals surface area contributed by atoms with Gasteiger partial charge in [-0.25, -0.2) is 19.3 Å². The van der Waals surface area contributed by atoms with Crippen LogP contribution in [0.15, 0.2) is 29.5 Å². The van der Waals surface area contributed by atoms with Crippen LogP contribution < -0.4 is 10.1 Å². The number of carbonyl (C=O) groups is 3. The summed E-state index contributed by atoms with van der Waals surface area (Å²) in [5, 5.41) is 2.63. The van der Waals surface area contributed by atoms with Gasteiger partial charge in [0.25, 0.3) is 0 Å². The van der Waals surface area contributed by atoms with Gasteiger partial charge in [-0.15, -0.1) is 0 Å². The Morgan fingerprint density at radius 3 is 1.93 bits per heavy atom. The first-order chi connectivity index (χ1) is 19.9. The summed E-state index contributed by atoms with van der Waals surface area (Å²) in [6, 6.07) is 3.98. The van der Waals surface area contributed by atoms with Crippen molar-refractivity contribution in [3.63, 3.8) is 0 Å². The van der Waals surface area contributed by atoms with Crippen molar-refractivity contribution in [3.8, 4) is 5.75 Å². The molecule has 41 heavy (non-hydrogen) atoms. The fraction of sp³-hybridized carbons (Fsp3) is 0.667. The summed E-state index contributed by atoms with van der Waals surface area (Å²) in [5.41, 5.74) is 2.07. The normalized spacial score (nSPS) is 15.1. The zero-order valence-corrected chi connectivity index (χ0v) is 26.0. The van der Waals surface area contributed by atoms with Crippen molar-refractivity contribution < 1.29 is 28.6 Å². The number of methoxy groups -OCH3 is 1. The molecule has 0 bridgehead atoms. The Kier molecular flexibility index (Phi) is 16.0. The van der Waals surface area contributed by atoms with E-state index in [4.69, 9.17) is 14.2 Å². The number of amides is 3. The van der Waals surface area contributed by atoms with Crippen LogP contribution in [-0.4, -0.2) is 43.3 Å². The number of nitrogens with one attached hydrogen (secondary N) is 1. The second kappa shape index (κ2) is 19.2. The number of esters is 1. The highest BCUT2D eigenvalue weighted by Gasteiger charge is 2.44. The van der Waals surface area contributed by atoms with Crippen LogP contribution in [0.3, 0.4) is 0 Å². The molecule has 1 aromatic carbocycles. The Balaban J connectivity index is 2.13. The van der Waals surface area contributed by atoms with Gasteiger partial charge in [-0.1, -0.05) is 96.1 Å². The Labute approximate surface area is 247 Å². The number of carbonyl (C=O) groups excluding carboxylic acids is 3. The number of imide groups is 1. The second-order valence-electron chi connectivity index (χ2n) is 10.7. The van der Waals surface area contributed by atoms with E-state index in [2.05, 4.69) is 12.2 Å². The number of benzene rings is 1. The van der Waals surface area contributed by atoms with Crippen molar-refractivity contribution in [3.05, 3.63) is 40.6 Å². The number of aryl methyl sites for hydroxylation is 1. The zero-order valence-electron chi connectivity index (χ0n) is 26.0. The summed E-state index contributed by atoms with van der Waals surface area (Å²) in [5.74, 6) is -0.0945. The van der Waals surface area contributed by atoms with Crippen molar-refractivity contribution in [2.75, 3.05) is 20.3 Å². The third-order valence-corrected chi connectivity index (χ3v) is 7.61. The largest absolute Gasteiger partial charge is 0.496 e. The highest BCUT2D eigenvalue weighted by atomic mass is 16.6. The van der Waals surface area contributed by atoms with Crippen molar-refractivity contribution in [2.24, 2.45) is 0 Å². The van der Waals surface area contributed by atoms with Crippen LogP contribution >= 0.6 is 0 Å². The maximum Gasteiger partial charge on any atom is 0.418 e. The van der Waals surface area contributed by atoms with Gasteiger partial charge in [-0.3, -0.25) is 0 Å². The number of nitrogens with zero attached hydrogens (tertiary/aromatic N) is 1. The summed E-state index contributed by atoms with van der Waals surface area (Å²) in [6.07, 6.45) is 16.4. The lowest BCUT2D eigenvalue weighted by Crippen LogP contribution is -2.51. The third-order valence-electron chi connectivity index (χ3n) is 7.61. The van der Waals surface area contributed by atoms with Gasteiger partial charge in [0.1, 0.15) is 11.8 Å². The minimum Gasteiger partial charge on any atom is -0.496 e. The van der Waals surface area contributed by atoms with Gasteiger partial charge in [0, 0.05) is 11.3 Å². The number of hydrogen-bond donors (Lipinski definition) is 1. The molecule has 1 aromatic rings. The van der Waals surface area contributed by atoms with E-state index in [1.54, 1.807) is 33.9 Å². The van der Waals surface area contributed by atoms with E-state index in [1.807, 2.05) is 12.1 Å². The first-order valence-corrected chi connectivity index (χ1v) is 15.7. The van der Waals surface area contributed by atoms with Crippen LogP contribution in [0.5, 0.6) is 5.75 Å². The molecule has 0 radical (unpaired) electrons. The lowest BCUT2D eigenvalue weighted by atomic mass is 9.88. The van der Waals surface area contributed by atoms with Gasteiger partial charge < -0.3 is 19.5 Å². The fourth-order valence-corrected chi connectivity index (χ4v) is 5.50. The molecule has 8 nitrogen and oxygen atoms in total. The molecule has 2 rings (SSSR count). The Bertz CT molecular complexity index is 1010. The maximum atomic E-state index is 13.2. The van der Waals surface area contributed by atoms with Crippen LogP contribution in [0.25, 0.3) is 0 Å². The summed E-state index contributed by atoms with van der Waals surface area (Å²) in [4.78, 5) is 40.3. The number of allylic oxidation sites excluding steroid dienone is 1. The van der Waals surface area contributed by atoms with Crippen LogP contribution in [0.1, 0.15) is 128 Å². The molecule has 1 N–H and O–H groups in total. The van der Waals surface area contributed by atoms with E-state index in [0.29, 0.717) is 17.0 Å². The lowest BCUT2D eigenvalue weighted by Gasteiger charge is -2.37. The molecule has 1 aliphatic heterocycles. The van der Waals surface area contributed by atoms with Crippen molar-refractivity contribution in [1.82, 2.24) is 10.2 Å². The van der Waals surface area contributed by atoms with Crippen molar-refractivity contribution in [2.45, 2.75) is 124 Å². The minimum absolute atomic E-state index is 0.0878. The van der Waals surface area contributed by atoms with E-state index < -0.39 is 24.1 Å². The molecule has 0 fully saturated rings. The van der Waals surface area contributed by atoms with E-state index in [9.17, 15) is 14.4 Å². The predicted molar refractivity (Wildman–Crippen MR) is 162 cm³/mol. The highest BCUT2D eigenvalue weighted by molar-refractivity contribution is 6.00. The molecule has 1 heterocycles. The van der Waals surface area contributed by atoms with E-state index in [1.165, 1.54) is 70.6 Å². The van der Waals surface area contributed by atoms with Gasteiger partial charge in [0.05, 0.1) is 25.9 Å². The molecular formula is C33H52N2O6. The average molecular weight is 573 g/mol. The predicted octanol–water partition coefficient (Wildman–Crippen LogP) is 8.39. The SMILES string of the molecule is CCCCCCCCCCCCCCCc1cccc(OC)c1C1C(C(=O)OCC)=C(C)NC(=O)N1C(=O)OCC. The second-order valence-corrected chi connectivity index (χ2v) is 10.7.